The van der Waals surface area contributed by atoms with E-state index in [1.54, 1.807) is 14.2 Å². The molecule has 0 saturated carbocycles. The van der Waals surface area contributed by atoms with Crippen LogP contribution < -0.4 is 0 Å². The lowest BCUT2D eigenvalue weighted by Crippen LogP contribution is -2.38. The summed E-state index contributed by atoms with van der Waals surface area (Å²) in [6.07, 6.45) is 0.443. The fourth-order valence-corrected chi connectivity index (χ4v) is 3.38. The van der Waals surface area contributed by atoms with E-state index in [9.17, 15) is 4.79 Å². The van der Waals surface area contributed by atoms with Crippen molar-refractivity contribution in [1.29, 1.82) is 0 Å². The molecule has 0 N–H and O–H groups in total. The second-order valence-electron chi connectivity index (χ2n) is 5.00. The van der Waals surface area contributed by atoms with E-state index >= 15 is 0 Å². The fraction of sp³-hybridized carbons (Fsp3) is 0.562. The topological polar surface area (TPSA) is 35.5 Å². The Bertz CT molecular complexity index is 383. The quantitative estimate of drug-likeness (QED) is 0.517. The summed E-state index contributed by atoms with van der Waals surface area (Å²) in [4.78, 5) is 12.3. The molecule has 0 saturated heterocycles. The summed E-state index contributed by atoms with van der Waals surface area (Å²) >= 11 is 1.81. The number of methoxy groups -OCH3 is 2. The summed E-state index contributed by atoms with van der Waals surface area (Å²) < 4.78 is 10.8. The average Bonchev–Trinajstić information content (AvgIpc) is 2.48. The molecule has 1 rings (SSSR count). The Kier molecular flexibility index (Phi) is 7.88. The first-order valence-electron chi connectivity index (χ1n) is 6.82. The van der Waals surface area contributed by atoms with Crippen molar-refractivity contribution in [3.8, 4) is 0 Å². The molecule has 1 aromatic carbocycles. The highest BCUT2D eigenvalue weighted by Gasteiger charge is 2.29. The highest BCUT2D eigenvalue weighted by Crippen LogP contribution is 2.27. The van der Waals surface area contributed by atoms with E-state index in [-0.39, 0.29) is 12.0 Å². The first-order chi connectivity index (χ1) is 9.63. The number of hydrogen-bond acceptors (Lipinski definition) is 4. The van der Waals surface area contributed by atoms with Gasteiger partial charge in [-0.15, -0.1) is 11.8 Å². The van der Waals surface area contributed by atoms with Crippen LogP contribution in [0.5, 0.6) is 0 Å². The lowest BCUT2D eigenvalue weighted by molar-refractivity contribution is -0.123. The Morgan fingerprint density at radius 3 is 2.30 bits per heavy atom. The van der Waals surface area contributed by atoms with Gasteiger partial charge in [0, 0.05) is 30.8 Å². The number of hydrogen-bond donors (Lipinski definition) is 0. The number of thioether (sulfide) groups is 1. The van der Waals surface area contributed by atoms with Crippen molar-refractivity contribution in [1.82, 2.24) is 0 Å². The molecule has 1 aromatic rings. The zero-order valence-electron chi connectivity index (χ0n) is 12.6. The predicted octanol–water partition coefficient (Wildman–Crippen LogP) is 3.28. The van der Waals surface area contributed by atoms with E-state index in [0.29, 0.717) is 5.92 Å². The minimum atomic E-state index is -0.413. The first kappa shape index (κ1) is 17.2. The Labute approximate surface area is 126 Å². The van der Waals surface area contributed by atoms with Crippen molar-refractivity contribution in [2.75, 3.05) is 20.0 Å². The predicted molar refractivity (Wildman–Crippen MR) is 83.2 cm³/mol. The van der Waals surface area contributed by atoms with Gasteiger partial charge in [-0.05, 0) is 18.1 Å². The minimum Gasteiger partial charge on any atom is -0.381 e. The Morgan fingerprint density at radius 2 is 1.80 bits per heavy atom. The van der Waals surface area contributed by atoms with Crippen LogP contribution >= 0.6 is 11.8 Å². The first-order valence-corrected chi connectivity index (χ1v) is 7.81. The highest BCUT2D eigenvalue weighted by atomic mass is 32.2. The molecule has 0 heterocycles. The van der Waals surface area contributed by atoms with Crippen molar-refractivity contribution < 1.29 is 14.3 Å². The smallest absolute Gasteiger partial charge is 0.149 e. The molecule has 0 aliphatic heterocycles. The fourth-order valence-electron chi connectivity index (χ4n) is 2.39. The third-order valence-electron chi connectivity index (χ3n) is 3.53. The Hall–Kier alpha value is -0.840. The van der Waals surface area contributed by atoms with Crippen molar-refractivity contribution in [2.45, 2.75) is 31.0 Å². The summed E-state index contributed by atoms with van der Waals surface area (Å²) in [6.45, 7) is 4.15. The molecule has 0 radical (unpaired) electrons. The molecular weight excluding hydrogens is 272 g/mol. The molecule has 4 atom stereocenters. The van der Waals surface area contributed by atoms with E-state index in [0.717, 1.165) is 12.0 Å². The van der Waals surface area contributed by atoms with Crippen LogP contribution in [0.3, 0.4) is 0 Å². The standard InChI is InChI=1S/C16H24O3S/c1-12(11-20-14-8-6-5-7-9-14)16(19-4)13(2)15(10-17)18-3/h5-10,12-13,15-16H,11H2,1-4H3/t12-,13+,15+,16-/m0/s1. The monoisotopic (exact) mass is 296 g/mol. The maximum Gasteiger partial charge on any atom is 0.149 e. The van der Waals surface area contributed by atoms with E-state index in [1.807, 2.05) is 36.9 Å². The second kappa shape index (κ2) is 9.16. The number of carbonyl (C=O) groups excluding carboxylic acids is 1. The highest BCUT2D eigenvalue weighted by molar-refractivity contribution is 7.99. The lowest BCUT2D eigenvalue weighted by atomic mass is 9.90. The van der Waals surface area contributed by atoms with E-state index in [2.05, 4.69) is 19.1 Å². The van der Waals surface area contributed by atoms with Crippen LogP contribution in [0.1, 0.15) is 13.8 Å². The van der Waals surface area contributed by atoms with Gasteiger partial charge in [-0.3, -0.25) is 0 Å². The molecule has 0 aromatic heterocycles. The molecule has 0 bridgehead atoms. The average molecular weight is 296 g/mol. The van der Waals surface area contributed by atoms with Crippen LogP contribution in [-0.4, -0.2) is 38.5 Å². The van der Waals surface area contributed by atoms with Crippen molar-refractivity contribution in [3.05, 3.63) is 30.3 Å². The second-order valence-corrected chi connectivity index (χ2v) is 6.09. The van der Waals surface area contributed by atoms with Gasteiger partial charge in [0.2, 0.25) is 0 Å². The SMILES string of the molecule is CO[C@H]([C@H](C)[C@@H](C=O)OC)[C@@H](C)CSc1ccccc1. The van der Waals surface area contributed by atoms with Crippen LogP contribution in [0, 0.1) is 11.8 Å². The maximum absolute atomic E-state index is 11.0. The lowest BCUT2D eigenvalue weighted by Gasteiger charge is -2.30. The summed E-state index contributed by atoms with van der Waals surface area (Å²) in [6, 6.07) is 10.3. The molecular formula is C16H24O3S. The van der Waals surface area contributed by atoms with Crippen LogP contribution in [0.15, 0.2) is 35.2 Å². The van der Waals surface area contributed by atoms with Crippen LogP contribution in [0.25, 0.3) is 0 Å². The third kappa shape index (κ3) is 4.93. The van der Waals surface area contributed by atoms with Gasteiger partial charge in [-0.1, -0.05) is 32.0 Å². The van der Waals surface area contributed by atoms with Gasteiger partial charge in [0.15, 0.2) is 0 Å². The number of rotatable bonds is 9. The van der Waals surface area contributed by atoms with Gasteiger partial charge in [-0.25, -0.2) is 0 Å². The normalized spacial score (nSPS) is 17.2. The Morgan fingerprint density at radius 1 is 1.15 bits per heavy atom. The molecule has 0 amide bonds. The van der Waals surface area contributed by atoms with E-state index < -0.39 is 6.10 Å². The van der Waals surface area contributed by atoms with Crippen molar-refractivity contribution in [3.63, 3.8) is 0 Å². The summed E-state index contributed by atoms with van der Waals surface area (Å²) in [5.74, 6) is 1.31. The molecule has 0 unspecified atom stereocenters. The Balaban J connectivity index is 2.58. The summed E-state index contributed by atoms with van der Waals surface area (Å²) in [7, 11) is 3.26. The van der Waals surface area contributed by atoms with Gasteiger partial charge >= 0.3 is 0 Å². The number of benzene rings is 1. The van der Waals surface area contributed by atoms with Crippen LogP contribution in [-0.2, 0) is 14.3 Å². The van der Waals surface area contributed by atoms with E-state index in [4.69, 9.17) is 9.47 Å². The van der Waals surface area contributed by atoms with Gasteiger partial charge in [0.25, 0.3) is 0 Å². The zero-order chi connectivity index (χ0) is 15.0. The van der Waals surface area contributed by atoms with Crippen molar-refractivity contribution >= 4 is 18.0 Å². The van der Waals surface area contributed by atoms with Gasteiger partial charge in [-0.2, -0.15) is 0 Å². The zero-order valence-corrected chi connectivity index (χ0v) is 13.4. The molecule has 20 heavy (non-hydrogen) atoms. The molecule has 0 spiro atoms. The summed E-state index contributed by atoms with van der Waals surface area (Å²) in [5, 5.41) is 0. The number of ether oxygens (including phenoxy) is 2. The van der Waals surface area contributed by atoms with Crippen LogP contribution in [0.4, 0.5) is 0 Å². The molecule has 0 aliphatic carbocycles. The van der Waals surface area contributed by atoms with Gasteiger partial charge in [0.1, 0.15) is 12.4 Å². The summed E-state index contributed by atoms with van der Waals surface area (Å²) in [5.41, 5.74) is 0. The number of carbonyl (C=O) groups is 1. The third-order valence-corrected chi connectivity index (χ3v) is 4.83. The molecule has 0 aliphatic rings. The molecule has 0 fully saturated rings. The molecule has 3 nitrogen and oxygen atoms in total. The van der Waals surface area contributed by atoms with Gasteiger partial charge < -0.3 is 14.3 Å². The molecule has 112 valence electrons. The van der Waals surface area contributed by atoms with Gasteiger partial charge in [0.05, 0.1) is 6.10 Å². The van der Waals surface area contributed by atoms with Crippen LogP contribution in [0.2, 0.25) is 0 Å². The maximum atomic E-state index is 11.0. The van der Waals surface area contributed by atoms with Crippen molar-refractivity contribution in [2.24, 2.45) is 11.8 Å². The largest absolute Gasteiger partial charge is 0.381 e. The van der Waals surface area contributed by atoms with E-state index in [1.165, 1.54) is 4.90 Å². The minimum absolute atomic E-state index is 0.00126. The molecule has 4 heteroatoms. The number of aldehydes is 1.